The highest BCUT2D eigenvalue weighted by molar-refractivity contribution is 7.15. The monoisotopic (exact) mass is 351 g/mol. The van der Waals surface area contributed by atoms with Gasteiger partial charge in [-0.2, -0.15) is 0 Å². The average molecular weight is 351 g/mol. The van der Waals surface area contributed by atoms with E-state index in [1.54, 1.807) is 23.7 Å². The molecule has 5 heteroatoms. The van der Waals surface area contributed by atoms with Crippen molar-refractivity contribution in [3.05, 3.63) is 71.0 Å². The van der Waals surface area contributed by atoms with Crippen LogP contribution in [0.25, 0.3) is 10.6 Å². The van der Waals surface area contributed by atoms with E-state index in [1.165, 1.54) is 5.56 Å². The number of carbonyl (C=O) groups excluding carboxylic acids is 1. The third-order valence-corrected chi connectivity index (χ3v) is 5.14. The van der Waals surface area contributed by atoms with Crippen LogP contribution in [0.3, 0.4) is 0 Å². The second-order valence-electron chi connectivity index (χ2n) is 5.89. The molecular weight excluding hydrogens is 330 g/mol. The minimum Gasteiger partial charge on any atom is -0.356 e. The van der Waals surface area contributed by atoms with E-state index in [0.29, 0.717) is 13.0 Å². The summed E-state index contributed by atoms with van der Waals surface area (Å²) in [7, 11) is 0. The second-order valence-corrected chi connectivity index (χ2v) is 6.97. The molecule has 3 aromatic rings. The zero-order valence-electron chi connectivity index (χ0n) is 14.2. The lowest BCUT2D eigenvalue weighted by Crippen LogP contribution is -2.26. The molecule has 0 fully saturated rings. The third kappa shape index (κ3) is 4.97. The molecule has 3 rings (SSSR count). The van der Waals surface area contributed by atoms with Crippen LogP contribution in [0.2, 0.25) is 0 Å². The van der Waals surface area contributed by atoms with Crippen molar-refractivity contribution in [2.75, 3.05) is 6.54 Å². The predicted octanol–water partition coefficient (Wildman–Crippen LogP) is 3.81. The first-order valence-electron chi connectivity index (χ1n) is 8.39. The number of carbonyl (C=O) groups is 1. The van der Waals surface area contributed by atoms with Gasteiger partial charge in [0.2, 0.25) is 5.91 Å². The minimum atomic E-state index is 0.0533. The molecule has 0 bridgehead atoms. The summed E-state index contributed by atoms with van der Waals surface area (Å²) < 4.78 is 0. The normalized spacial score (nSPS) is 10.6. The second kappa shape index (κ2) is 8.53. The van der Waals surface area contributed by atoms with E-state index in [9.17, 15) is 4.79 Å². The van der Waals surface area contributed by atoms with E-state index in [1.807, 2.05) is 37.3 Å². The standard InChI is InChI=1S/C20H21N3OS/c1-15-18(25-20(23-15)17-10-6-11-21-14-17)13-19(24)22-12-5-9-16-7-3-2-4-8-16/h2-4,6-8,10-11,14H,5,9,12-13H2,1H3,(H,22,24). The first-order chi connectivity index (χ1) is 12.2. The third-order valence-electron chi connectivity index (χ3n) is 3.93. The molecule has 0 unspecified atom stereocenters. The number of pyridine rings is 1. The lowest BCUT2D eigenvalue weighted by atomic mass is 10.1. The van der Waals surface area contributed by atoms with Gasteiger partial charge in [0.05, 0.1) is 12.1 Å². The first-order valence-corrected chi connectivity index (χ1v) is 9.21. The Labute approximate surface area is 152 Å². The van der Waals surface area contributed by atoms with Crippen molar-refractivity contribution < 1.29 is 4.79 Å². The molecule has 0 saturated carbocycles. The van der Waals surface area contributed by atoms with Gasteiger partial charge in [-0.15, -0.1) is 11.3 Å². The topological polar surface area (TPSA) is 54.9 Å². The summed E-state index contributed by atoms with van der Waals surface area (Å²) in [5, 5.41) is 3.92. The molecular formula is C20H21N3OS. The van der Waals surface area contributed by atoms with Crippen LogP contribution in [0.5, 0.6) is 0 Å². The van der Waals surface area contributed by atoms with Crippen LogP contribution in [-0.2, 0) is 17.6 Å². The highest BCUT2D eigenvalue weighted by Crippen LogP contribution is 2.27. The maximum atomic E-state index is 12.2. The van der Waals surface area contributed by atoms with Crippen LogP contribution in [0, 0.1) is 6.92 Å². The van der Waals surface area contributed by atoms with E-state index in [0.717, 1.165) is 34.0 Å². The number of amides is 1. The number of aryl methyl sites for hydroxylation is 2. The van der Waals surface area contributed by atoms with Crippen LogP contribution >= 0.6 is 11.3 Å². The zero-order chi connectivity index (χ0) is 17.5. The Morgan fingerprint density at radius 2 is 2.00 bits per heavy atom. The van der Waals surface area contributed by atoms with Crippen molar-refractivity contribution >= 4 is 17.2 Å². The summed E-state index contributed by atoms with van der Waals surface area (Å²) in [4.78, 5) is 21.9. The predicted molar refractivity (Wildman–Crippen MR) is 102 cm³/mol. The van der Waals surface area contributed by atoms with E-state index in [-0.39, 0.29) is 5.91 Å². The minimum absolute atomic E-state index is 0.0533. The fourth-order valence-electron chi connectivity index (χ4n) is 2.58. The highest BCUT2D eigenvalue weighted by atomic mass is 32.1. The Balaban J connectivity index is 1.49. The van der Waals surface area contributed by atoms with Gasteiger partial charge in [0.1, 0.15) is 5.01 Å². The molecule has 0 aliphatic rings. The molecule has 0 saturated heterocycles. The van der Waals surface area contributed by atoms with Gasteiger partial charge in [-0.05, 0) is 37.5 Å². The number of hydrogen-bond acceptors (Lipinski definition) is 4. The number of benzene rings is 1. The first kappa shape index (κ1) is 17.3. The number of aromatic nitrogens is 2. The molecule has 1 aromatic carbocycles. The Kier molecular flexibility index (Phi) is 5.90. The van der Waals surface area contributed by atoms with Gasteiger partial charge in [0.15, 0.2) is 0 Å². The molecule has 4 nitrogen and oxygen atoms in total. The number of thiazole rings is 1. The van der Waals surface area contributed by atoms with Crippen molar-refractivity contribution in [2.24, 2.45) is 0 Å². The summed E-state index contributed by atoms with van der Waals surface area (Å²) >= 11 is 1.57. The molecule has 1 N–H and O–H groups in total. The Hall–Kier alpha value is -2.53. The fourth-order valence-corrected chi connectivity index (χ4v) is 3.63. The van der Waals surface area contributed by atoms with Gasteiger partial charge in [0, 0.05) is 29.4 Å². The number of nitrogens with zero attached hydrogens (tertiary/aromatic N) is 2. The summed E-state index contributed by atoms with van der Waals surface area (Å²) in [5.74, 6) is 0.0533. The van der Waals surface area contributed by atoms with Crippen LogP contribution < -0.4 is 5.32 Å². The van der Waals surface area contributed by atoms with Crippen LogP contribution in [-0.4, -0.2) is 22.4 Å². The van der Waals surface area contributed by atoms with Gasteiger partial charge in [-0.1, -0.05) is 30.3 Å². The zero-order valence-corrected chi connectivity index (χ0v) is 15.1. The number of hydrogen-bond donors (Lipinski definition) is 1. The molecule has 0 atom stereocenters. The highest BCUT2D eigenvalue weighted by Gasteiger charge is 2.12. The Morgan fingerprint density at radius 3 is 2.76 bits per heavy atom. The molecule has 25 heavy (non-hydrogen) atoms. The smallest absolute Gasteiger partial charge is 0.225 e. The lowest BCUT2D eigenvalue weighted by molar-refractivity contribution is -0.120. The van der Waals surface area contributed by atoms with Crippen molar-refractivity contribution in [2.45, 2.75) is 26.2 Å². The SMILES string of the molecule is Cc1nc(-c2cccnc2)sc1CC(=O)NCCCc1ccccc1. The van der Waals surface area contributed by atoms with Crippen molar-refractivity contribution in [1.29, 1.82) is 0 Å². The Morgan fingerprint density at radius 1 is 1.16 bits per heavy atom. The summed E-state index contributed by atoms with van der Waals surface area (Å²) in [6.45, 7) is 2.65. The molecule has 0 radical (unpaired) electrons. The molecule has 0 aliphatic heterocycles. The van der Waals surface area contributed by atoms with Gasteiger partial charge in [0.25, 0.3) is 0 Å². The van der Waals surface area contributed by atoms with Crippen molar-refractivity contribution in [3.63, 3.8) is 0 Å². The molecule has 0 aliphatic carbocycles. The van der Waals surface area contributed by atoms with E-state index >= 15 is 0 Å². The Bertz CT molecular complexity index is 815. The van der Waals surface area contributed by atoms with E-state index in [2.05, 4.69) is 27.4 Å². The van der Waals surface area contributed by atoms with Gasteiger partial charge in [-0.3, -0.25) is 9.78 Å². The summed E-state index contributed by atoms with van der Waals surface area (Å²) in [6, 6.07) is 14.2. The van der Waals surface area contributed by atoms with Crippen LogP contribution in [0.15, 0.2) is 54.9 Å². The van der Waals surface area contributed by atoms with Crippen LogP contribution in [0.4, 0.5) is 0 Å². The largest absolute Gasteiger partial charge is 0.356 e. The maximum absolute atomic E-state index is 12.2. The quantitative estimate of drug-likeness (QED) is 0.659. The molecule has 128 valence electrons. The molecule has 1 amide bonds. The number of rotatable bonds is 7. The number of nitrogens with one attached hydrogen (secondary N) is 1. The fraction of sp³-hybridized carbons (Fsp3) is 0.250. The van der Waals surface area contributed by atoms with Gasteiger partial charge < -0.3 is 5.32 Å². The lowest BCUT2D eigenvalue weighted by Gasteiger charge is -2.05. The van der Waals surface area contributed by atoms with Gasteiger partial charge >= 0.3 is 0 Å². The van der Waals surface area contributed by atoms with Crippen molar-refractivity contribution in [1.82, 2.24) is 15.3 Å². The maximum Gasteiger partial charge on any atom is 0.225 e. The average Bonchev–Trinajstić information content (AvgIpc) is 3.01. The van der Waals surface area contributed by atoms with Crippen molar-refractivity contribution in [3.8, 4) is 10.6 Å². The van der Waals surface area contributed by atoms with E-state index < -0.39 is 0 Å². The molecule has 2 aromatic heterocycles. The van der Waals surface area contributed by atoms with E-state index in [4.69, 9.17) is 0 Å². The van der Waals surface area contributed by atoms with Crippen LogP contribution in [0.1, 0.15) is 22.6 Å². The molecule has 0 spiro atoms. The summed E-state index contributed by atoms with van der Waals surface area (Å²) in [6.07, 6.45) is 5.85. The van der Waals surface area contributed by atoms with Gasteiger partial charge in [-0.25, -0.2) is 4.98 Å². The molecule has 2 heterocycles. The summed E-state index contributed by atoms with van der Waals surface area (Å²) in [5.41, 5.74) is 3.21.